The van der Waals surface area contributed by atoms with Crippen molar-refractivity contribution in [3.63, 3.8) is 0 Å². The Morgan fingerprint density at radius 3 is 2.51 bits per heavy atom. The van der Waals surface area contributed by atoms with Crippen molar-refractivity contribution < 1.29 is 14.0 Å². The molecule has 1 aliphatic heterocycles. The van der Waals surface area contributed by atoms with E-state index in [1.807, 2.05) is 29.1 Å². The highest BCUT2D eigenvalue weighted by atomic mass is 16.3. The van der Waals surface area contributed by atoms with Crippen LogP contribution in [0.4, 0.5) is 0 Å². The Balaban J connectivity index is 1.17. The van der Waals surface area contributed by atoms with Gasteiger partial charge in [0.25, 0.3) is 5.91 Å². The maximum absolute atomic E-state index is 12.9. The standard InChI is InChI=1S/C28H28N4O3/c33-27(23-10-15-31(16-11-23)28(34)25-12-17-35-20-25)29-18-24-4-1-2-5-26(24)22-8-6-21(7-9-22)19-32-14-3-13-30-32/h1-9,12-14,17,20,23H,10-11,15-16,18-19H2,(H,29,33). The molecular formula is C28H28N4O3. The van der Waals surface area contributed by atoms with Crippen LogP contribution in [0.15, 0.2) is 90.0 Å². The number of rotatable bonds is 7. The second kappa shape index (κ2) is 10.4. The minimum absolute atomic E-state index is 0.0397. The van der Waals surface area contributed by atoms with Gasteiger partial charge in [-0.05, 0) is 47.2 Å². The average Bonchev–Trinajstić information content (AvgIpc) is 3.63. The number of carbonyl (C=O) groups excluding carboxylic acids is 2. The van der Waals surface area contributed by atoms with Gasteiger partial charge in [0, 0.05) is 37.9 Å². The van der Waals surface area contributed by atoms with Crippen LogP contribution in [0.2, 0.25) is 0 Å². The first-order valence-electron chi connectivity index (χ1n) is 11.9. The van der Waals surface area contributed by atoms with Gasteiger partial charge in [0.15, 0.2) is 0 Å². The summed E-state index contributed by atoms with van der Waals surface area (Å²) in [6.07, 6.45) is 8.02. The van der Waals surface area contributed by atoms with E-state index in [-0.39, 0.29) is 17.7 Å². The first-order valence-corrected chi connectivity index (χ1v) is 11.9. The number of nitrogens with one attached hydrogen (secondary N) is 1. The monoisotopic (exact) mass is 468 g/mol. The number of aromatic nitrogens is 2. The summed E-state index contributed by atoms with van der Waals surface area (Å²) in [6.45, 7) is 2.35. The van der Waals surface area contributed by atoms with Crippen LogP contribution >= 0.6 is 0 Å². The number of piperidine rings is 1. The molecule has 1 saturated heterocycles. The zero-order valence-corrected chi connectivity index (χ0v) is 19.5. The molecule has 0 bridgehead atoms. The minimum atomic E-state index is -0.0860. The Kier molecular flexibility index (Phi) is 6.75. The molecule has 0 aliphatic carbocycles. The molecule has 3 heterocycles. The van der Waals surface area contributed by atoms with Gasteiger partial charge in [0.1, 0.15) is 6.26 Å². The van der Waals surface area contributed by atoms with Gasteiger partial charge in [0.05, 0.1) is 18.4 Å². The molecule has 2 amide bonds. The molecule has 5 rings (SSSR count). The quantitative estimate of drug-likeness (QED) is 0.437. The van der Waals surface area contributed by atoms with E-state index in [2.05, 4.69) is 46.8 Å². The van der Waals surface area contributed by atoms with Crippen molar-refractivity contribution in [2.45, 2.75) is 25.9 Å². The second-order valence-corrected chi connectivity index (χ2v) is 8.85. The molecule has 0 atom stereocenters. The van der Waals surface area contributed by atoms with Crippen LogP contribution in [0.3, 0.4) is 0 Å². The van der Waals surface area contributed by atoms with E-state index < -0.39 is 0 Å². The molecule has 1 fully saturated rings. The van der Waals surface area contributed by atoms with E-state index >= 15 is 0 Å². The zero-order valence-electron chi connectivity index (χ0n) is 19.5. The van der Waals surface area contributed by atoms with Gasteiger partial charge in [-0.1, -0.05) is 48.5 Å². The highest BCUT2D eigenvalue weighted by molar-refractivity contribution is 5.94. The van der Waals surface area contributed by atoms with Crippen LogP contribution < -0.4 is 5.32 Å². The van der Waals surface area contributed by atoms with Gasteiger partial charge in [-0.2, -0.15) is 5.10 Å². The number of hydrogen-bond acceptors (Lipinski definition) is 4. The van der Waals surface area contributed by atoms with Crippen molar-refractivity contribution in [2.75, 3.05) is 13.1 Å². The smallest absolute Gasteiger partial charge is 0.257 e. The number of benzene rings is 2. The van der Waals surface area contributed by atoms with Crippen LogP contribution in [0.5, 0.6) is 0 Å². The first kappa shape index (κ1) is 22.7. The number of nitrogens with zero attached hydrogens (tertiary/aromatic N) is 3. The van der Waals surface area contributed by atoms with Crippen molar-refractivity contribution in [1.29, 1.82) is 0 Å². The SMILES string of the molecule is O=C(NCc1ccccc1-c1ccc(Cn2cccn2)cc1)C1CCN(C(=O)c2ccoc2)CC1. The van der Waals surface area contributed by atoms with Crippen LogP contribution in [0.25, 0.3) is 11.1 Å². The number of likely N-dealkylation sites (tertiary alicyclic amines) is 1. The van der Waals surface area contributed by atoms with E-state index in [0.717, 1.165) is 23.2 Å². The van der Waals surface area contributed by atoms with Gasteiger partial charge in [-0.25, -0.2) is 0 Å². The molecule has 178 valence electrons. The highest BCUT2D eigenvalue weighted by Gasteiger charge is 2.28. The Morgan fingerprint density at radius 2 is 1.80 bits per heavy atom. The molecule has 2 aromatic heterocycles. The van der Waals surface area contributed by atoms with E-state index in [1.54, 1.807) is 17.2 Å². The van der Waals surface area contributed by atoms with Crippen molar-refractivity contribution >= 4 is 11.8 Å². The molecule has 1 N–H and O–H groups in total. The van der Waals surface area contributed by atoms with Crippen molar-refractivity contribution in [3.05, 3.63) is 102 Å². The van der Waals surface area contributed by atoms with E-state index in [0.29, 0.717) is 38.0 Å². The Hall–Kier alpha value is -4.13. The summed E-state index contributed by atoms with van der Waals surface area (Å²) in [5, 5.41) is 7.39. The first-order chi connectivity index (χ1) is 17.2. The molecule has 4 aromatic rings. The summed E-state index contributed by atoms with van der Waals surface area (Å²) >= 11 is 0. The topological polar surface area (TPSA) is 80.4 Å². The van der Waals surface area contributed by atoms with Gasteiger partial charge >= 0.3 is 0 Å². The van der Waals surface area contributed by atoms with E-state index in [9.17, 15) is 9.59 Å². The summed E-state index contributed by atoms with van der Waals surface area (Å²) < 4.78 is 6.91. The Morgan fingerprint density at radius 1 is 1.00 bits per heavy atom. The summed E-state index contributed by atoms with van der Waals surface area (Å²) in [6, 6.07) is 20.2. The molecule has 2 aromatic carbocycles. The van der Waals surface area contributed by atoms with Crippen molar-refractivity contribution in [3.8, 4) is 11.1 Å². The van der Waals surface area contributed by atoms with Crippen LogP contribution in [-0.4, -0.2) is 39.6 Å². The zero-order chi connectivity index (χ0) is 24.0. The van der Waals surface area contributed by atoms with E-state index in [1.165, 1.54) is 18.1 Å². The molecule has 1 aliphatic rings. The van der Waals surface area contributed by atoms with Gasteiger partial charge in [-0.15, -0.1) is 0 Å². The number of hydrogen-bond donors (Lipinski definition) is 1. The summed E-state index contributed by atoms with van der Waals surface area (Å²) in [4.78, 5) is 27.2. The fraction of sp³-hybridized carbons (Fsp3) is 0.250. The van der Waals surface area contributed by atoms with E-state index in [4.69, 9.17) is 4.42 Å². The maximum atomic E-state index is 12.9. The fourth-order valence-electron chi connectivity index (χ4n) is 4.57. The Labute approximate surface area is 204 Å². The normalized spacial score (nSPS) is 14.1. The minimum Gasteiger partial charge on any atom is -0.472 e. The summed E-state index contributed by atoms with van der Waals surface area (Å²) in [7, 11) is 0. The largest absolute Gasteiger partial charge is 0.472 e. The van der Waals surface area contributed by atoms with Crippen LogP contribution in [0, 0.1) is 5.92 Å². The summed E-state index contributed by atoms with van der Waals surface area (Å²) in [5.41, 5.74) is 5.04. The lowest BCUT2D eigenvalue weighted by atomic mass is 9.95. The second-order valence-electron chi connectivity index (χ2n) is 8.85. The molecule has 35 heavy (non-hydrogen) atoms. The molecule has 7 heteroatoms. The molecular weight excluding hydrogens is 440 g/mol. The third kappa shape index (κ3) is 5.35. The number of amides is 2. The lowest BCUT2D eigenvalue weighted by molar-refractivity contribution is -0.126. The predicted octanol–water partition coefficient (Wildman–Crippen LogP) is 4.36. The van der Waals surface area contributed by atoms with Crippen molar-refractivity contribution in [2.24, 2.45) is 5.92 Å². The van der Waals surface area contributed by atoms with Crippen LogP contribution in [0.1, 0.15) is 34.3 Å². The maximum Gasteiger partial charge on any atom is 0.257 e. The molecule has 0 unspecified atom stereocenters. The molecule has 7 nitrogen and oxygen atoms in total. The predicted molar refractivity (Wildman–Crippen MR) is 132 cm³/mol. The van der Waals surface area contributed by atoms with Crippen LogP contribution in [-0.2, 0) is 17.9 Å². The lowest BCUT2D eigenvalue weighted by Crippen LogP contribution is -2.42. The molecule has 0 radical (unpaired) electrons. The van der Waals surface area contributed by atoms with Gasteiger partial charge in [0.2, 0.25) is 5.91 Å². The summed E-state index contributed by atoms with van der Waals surface area (Å²) in [5.74, 6) is -0.0795. The number of furan rings is 1. The lowest BCUT2D eigenvalue weighted by Gasteiger charge is -2.31. The number of carbonyl (C=O) groups is 2. The molecule has 0 spiro atoms. The average molecular weight is 469 g/mol. The van der Waals surface area contributed by atoms with Crippen molar-refractivity contribution in [1.82, 2.24) is 20.0 Å². The Bertz CT molecular complexity index is 1260. The fourth-order valence-corrected chi connectivity index (χ4v) is 4.57. The molecule has 0 saturated carbocycles. The van der Waals surface area contributed by atoms with Gasteiger partial charge < -0.3 is 14.6 Å². The third-order valence-electron chi connectivity index (χ3n) is 6.56. The third-order valence-corrected chi connectivity index (χ3v) is 6.56. The highest BCUT2D eigenvalue weighted by Crippen LogP contribution is 2.25. The van der Waals surface area contributed by atoms with Gasteiger partial charge in [-0.3, -0.25) is 14.3 Å².